The molecule has 4 aliphatic carbocycles. The minimum atomic E-state index is -1.10. The van der Waals surface area contributed by atoms with E-state index in [2.05, 4.69) is 58.4 Å². The molecular weight excluding hydrogens is 942 g/mol. The third-order valence-corrected chi connectivity index (χ3v) is 13.6. The highest BCUT2D eigenvalue weighted by Gasteiger charge is 2.63. The van der Waals surface area contributed by atoms with E-state index in [1.165, 1.54) is 6.07 Å². The first-order chi connectivity index (χ1) is 26.9. The lowest BCUT2D eigenvalue weighted by molar-refractivity contribution is -0.156. The number of carboxylic acid groups (broad SMARTS) is 4. The molecule has 3 unspecified atom stereocenters. The molecule has 0 spiro atoms. The summed E-state index contributed by atoms with van der Waals surface area (Å²) in [6, 6.07) is 10.8. The molecule has 3 amide bonds. The molecule has 18 heteroatoms. The van der Waals surface area contributed by atoms with Gasteiger partial charge in [0.15, 0.2) is 10.4 Å². The number of carbonyl (C=O) groups is 7. The highest BCUT2D eigenvalue weighted by Crippen LogP contribution is 2.69. The predicted octanol–water partition coefficient (Wildman–Crippen LogP) is 6.42. The van der Waals surface area contributed by atoms with E-state index in [9.17, 15) is 43.8 Å². The van der Waals surface area contributed by atoms with E-state index >= 15 is 0 Å². The molecule has 1 aromatic heterocycles. The van der Waals surface area contributed by atoms with Crippen LogP contribution in [0.2, 0.25) is 0 Å². The van der Waals surface area contributed by atoms with Crippen molar-refractivity contribution in [1.29, 1.82) is 0 Å². The van der Waals surface area contributed by atoms with Crippen molar-refractivity contribution in [2.24, 2.45) is 22.7 Å². The number of aliphatic carboxylic acids is 4. The summed E-state index contributed by atoms with van der Waals surface area (Å²) in [5.41, 5.74) is -0.0856. The lowest BCUT2D eigenvalue weighted by atomic mass is 9.43. The average Bonchev–Trinajstić information content (AvgIpc) is 3.60. The number of halogens is 3. The van der Waals surface area contributed by atoms with Gasteiger partial charge in [-0.3, -0.25) is 33.6 Å². The van der Waals surface area contributed by atoms with Crippen molar-refractivity contribution in [3.05, 3.63) is 58.5 Å². The molecule has 1 heterocycles. The number of nitrogens with one attached hydrogen (secondary N) is 2. The van der Waals surface area contributed by atoms with Crippen molar-refractivity contribution in [3.8, 4) is 0 Å². The van der Waals surface area contributed by atoms with Gasteiger partial charge in [0, 0.05) is 25.1 Å². The summed E-state index contributed by atoms with van der Waals surface area (Å²) in [5.74, 6) is -3.81. The molecule has 4 aliphatic rings. The summed E-state index contributed by atoms with van der Waals surface area (Å²) < 4.78 is 5.31. The molecule has 6 N–H and O–H groups in total. The lowest BCUT2D eigenvalue weighted by Gasteiger charge is -2.63. The Morgan fingerprint density at radius 3 is 1.74 bits per heavy atom. The van der Waals surface area contributed by atoms with E-state index in [4.69, 9.17) is 14.6 Å². The summed E-state index contributed by atoms with van der Waals surface area (Å²) in [6.07, 6.45) is 7.07. The molecule has 1 aromatic carbocycles. The van der Waals surface area contributed by atoms with Gasteiger partial charge in [-0.15, -0.1) is 0 Å². The van der Waals surface area contributed by atoms with Gasteiger partial charge >= 0.3 is 23.9 Å². The largest absolute Gasteiger partial charge is 0.481 e. The van der Waals surface area contributed by atoms with Crippen molar-refractivity contribution in [2.75, 3.05) is 19.6 Å². The molecule has 0 saturated heterocycles. The molecule has 0 radical (unpaired) electrons. The monoisotopic (exact) mass is 989 g/mol. The summed E-state index contributed by atoms with van der Waals surface area (Å²) >= 11 is 9.77. The number of carboxylic acids is 4. The molecule has 0 aliphatic heterocycles. The SMILES string of the molecule is CCCN(CCC)C(=O)C(CCC(=O)O)NC(=O)c1ccccc1.O=C(O)C(Br)C12CC3CC(C1)CC(C(Br)C(=O)O)(C3)C2.O=C(O)CNC(=O)c1ccc(Br)o1. The lowest BCUT2D eigenvalue weighted by Crippen LogP contribution is -2.59. The summed E-state index contributed by atoms with van der Waals surface area (Å²) in [6.45, 7) is 4.72. The molecule has 3 atom stereocenters. The number of nitrogens with zero attached hydrogens (tertiary/aromatic N) is 1. The third-order valence-electron chi connectivity index (χ3n) is 10.4. The van der Waals surface area contributed by atoms with Crippen molar-refractivity contribution >= 4 is 89.4 Å². The summed E-state index contributed by atoms with van der Waals surface area (Å²) in [5, 5.41) is 40.8. The number of amides is 3. The van der Waals surface area contributed by atoms with Gasteiger partial charge in [-0.2, -0.15) is 0 Å². The van der Waals surface area contributed by atoms with Crippen LogP contribution in [0.4, 0.5) is 0 Å². The zero-order valence-corrected chi connectivity index (χ0v) is 36.5. The van der Waals surface area contributed by atoms with E-state index in [0.29, 0.717) is 41.6 Å². The quantitative estimate of drug-likeness (QED) is 0.0941. The van der Waals surface area contributed by atoms with Crippen molar-refractivity contribution in [1.82, 2.24) is 15.5 Å². The summed E-state index contributed by atoms with van der Waals surface area (Å²) in [4.78, 5) is 80.5. The molecule has 57 heavy (non-hydrogen) atoms. The number of benzene rings is 1. The average molecular weight is 993 g/mol. The normalized spacial score (nSPS) is 22.9. The van der Waals surface area contributed by atoms with Gasteiger partial charge < -0.3 is 40.4 Å². The van der Waals surface area contributed by atoms with Gasteiger partial charge in [-0.05, 0) is 121 Å². The molecule has 4 bridgehead atoms. The molecule has 4 saturated carbocycles. The minimum absolute atomic E-state index is 0.0770. The third kappa shape index (κ3) is 13.4. The first kappa shape index (κ1) is 47.6. The van der Waals surface area contributed by atoms with E-state index in [0.717, 1.165) is 44.9 Å². The molecular formula is C39H50Br3N3O12. The van der Waals surface area contributed by atoms with Gasteiger partial charge in [0.1, 0.15) is 22.2 Å². The van der Waals surface area contributed by atoms with Gasteiger partial charge in [0.2, 0.25) is 5.91 Å². The maximum Gasteiger partial charge on any atom is 0.322 e. The number of hydrogen-bond donors (Lipinski definition) is 6. The number of hydrogen-bond acceptors (Lipinski definition) is 8. The van der Waals surface area contributed by atoms with Crippen LogP contribution < -0.4 is 10.6 Å². The molecule has 4 fully saturated rings. The number of rotatable bonds is 17. The van der Waals surface area contributed by atoms with Crippen LogP contribution >= 0.6 is 47.8 Å². The van der Waals surface area contributed by atoms with Crippen LogP contribution in [0.25, 0.3) is 0 Å². The smallest absolute Gasteiger partial charge is 0.322 e. The Balaban J connectivity index is 0.000000239. The number of furan rings is 1. The number of alkyl halides is 2. The maximum atomic E-state index is 12.7. The van der Waals surface area contributed by atoms with Gasteiger partial charge in [-0.25, -0.2) is 0 Å². The Labute approximate surface area is 356 Å². The first-order valence-electron chi connectivity index (χ1n) is 18.7. The first-order valence-corrected chi connectivity index (χ1v) is 21.3. The van der Waals surface area contributed by atoms with Crippen molar-refractivity contribution in [2.45, 2.75) is 93.8 Å². The second kappa shape index (κ2) is 21.8. The Bertz CT molecular complexity index is 1680. The molecule has 314 valence electrons. The van der Waals surface area contributed by atoms with Crippen LogP contribution in [-0.2, 0) is 24.0 Å². The Kier molecular flexibility index (Phi) is 18.2. The highest BCUT2D eigenvalue weighted by molar-refractivity contribution is 9.10. The van der Waals surface area contributed by atoms with Crippen LogP contribution in [0, 0.1) is 22.7 Å². The number of carbonyl (C=O) groups excluding carboxylic acids is 3. The maximum absolute atomic E-state index is 12.7. The fourth-order valence-corrected chi connectivity index (χ4v) is 10.0. The zero-order valence-electron chi connectivity index (χ0n) is 31.8. The van der Waals surface area contributed by atoms with Gasteiger partial charge in [-0.1, -0.05) is 63.9 Å². The minimum Gasteiger partial charge on any atom is -0.481 e. The van der Waals surface area contributed by atoms with E-state index < -0.39 is 52.0 Å². The standard InChI is InChI=1S/C18H26N2O4.C14H18Br2O4.C7H6BrNO4/c1-3-12-20(13-4-2)18(24)15(10-11-16(21)22)19-17(23)14-8-6-5-7-9-14;15-9(11(17)18)13-2-7-1-8(4-13)5-14(3-7,6-13)10(16)12(19)20;8-5-2-1-4(13-5)7(12)9-3-6(10)11/h5-9,15H,3-4,10-13H2,1-2H3,(H,19,23)(H,21,22);7-10H,1-6H2,(H,17,18)(H,19,20);1-2H,3H2,(H,9,12)(H,10,11). The van der Waals surface area contributed by atoms with Crippen LogP contribution in [0.3, 0.4) is 0 Å². The Hall–Kier alpha value is -3.77. The predicted molar refractivity (Wildman–Crippen MR) is 218 cm³/mol. The second-order valence-corrected chi connectivity index (χ2v) is 17.5. The van der Waals surface area contributed by atoms with E-state index in [1.807, 2.05) is 13.8 Å². The van der Waals surface area contributed by atoms with Crippen molar-refractivity contribution in [3.63, 3.8) is 0 Å². The van der Waals surface area contributed by atoms with E-state index in [1.54, 1.807) is 41.3 Å². The van der Waals surface area contributed by atoms with Gasteiger partial charge in [0.25, 0.3) is 11.8 Å². The van der Waals surface area contributed by atoms with Crippen molar-refractivity contribution < 1.29 is 58.4 Å². The Morgan fingerprint density at radius 2 is 1.32 bits per heavy atom. The van der Waals surface area contributed by atoms with Crippen LogP contribution in [0.1, 0.15) is 99.0 Å². The van der Waals surface area contributed by atoms with Crippen LogP contribution in [0.5, 0.6) is 0 Å². The summed E-state index contributed by atoms with van der Waals surface area (Å²) in [7, 11) is 0. The molecule has 6 rings (SSSR count). The highest BCUT2D eigenvalue weighted by atomic mass is 79.9. The van der Waals surface area contributed by atoms with Gasteiger partial charge in [0.05, 0.1) is 0 Å². The zero-order chi connectivity index (χ0) is 42.5. The topological polar surface area (TPSA) is 241 Å². The van der Waals surface area contributed by atoms with Crippen LogP contribution in [0.15, 0.2) is 51.6 Å². The molecule has 2 aromatic rings. The molecule has 15 nitrogen and oxygen atoms in total. The Morgan fingerprint density at radius 1 is 0.789 bits per heavy atom. The second-order valence-electron chi connectivity index (χ2n) is 14.9. The fourth-order valence-electron chi connectivity index (χ4n) is 8.65. The van der Waals surface area contributed by atoms with Crippen LogP contribution in [-0.4, -0.2) is 102 Å². The fraction of sp³-hybridized carbons (Fsp3) is 0.564. The van der Waals surface area contributed by atoms with E-state index in [-0.39, 0.29) is 41.2 Å².